The number of hydrogen-bond donors (Lipinski definition) is 2. The van der Waals surface area contributed by atoms with Crippen molar-refractivity contribution in [1.82, 2.24) is 4.90 Å². The molecule has 1 unspecified atom stereocenters. The Morgan fingerprint density at radius 3 is 2.28 bits per heavy atom. The molecule has 1 fully saturated rings. The van der Waals surface area contributed by atoms with Gasteiger partial charge in [0.05, 0.1) is 32.2 Å². The van der Waals surface area contributed by atoms with Crippen LogP contribution >= 0.6 is 0 Å². The molecule has 0 radical (unpaired) electrons. The minimum absolute atomic E-state index is 0.0832. The van der Waals surface area contributed by atoms with Crippen molar-refractivity contribution in [3.05, 3.63) is 131 Å². The number of fused-ring (bicyclic) bond motifs is 3. The summed E-state index contributed by atoms with van der Waals surface area (Å²) < 4.78 is 6.40. The van der Waals surface area contributed by atoms with E-state index in [1.54, 1.807) is 4.90 Å². The molecule has 4 aromatic carbocycles. The highest BCUT2D eigenvalue weighted by Gasteiger charge is 2.44. The van der Waals surface area contributed by atoms with Crippen molar-refractivity contribution < 1.29 is 34.2 Å². The fourth-order valence-corrected chi connectivity index (χ4v) is 6.61. The zero-order valence-corrected chi connectivity index (χ0v) is 26.1. The number of carbonyl (C=O) groups is 3. The molecule has 46 heavy (non-hydrogen) atoms. The van der Waals surface area contributed by atoms with Crippen LogP contribution in [0.4, 0.5) is 0 Å². The Labute approximate surface area is 269 Å². The molecule has 2 N–H and O–H groups in total. The Balaban J connectivity index is 0.000000463. The second-order valence-electron chi connectivity index (χ2n) is 12.1. The van der Waals surface area contributed by atoms with Crippen molar-refractivity contribution in [2.24, 2.45) is 0 Å². The topological polar surface area (TPSA) is 111 Å². The lowest BCUT2D eigenvalue weighted by Crippen LogP contribution is -3.13. The number of aliphatic carboxylic acids is 2. The molecule has 8 nitrogen and oxygen atoms in total. The molecule has 0 bridgehead atoms. The Bertz CT molecular complexity index is 1680. The summed E-state index contributed by atoms with van der Waals surface area (Å²) >= 11 is 0. The van der Waals surface area contributed by atoms with Crippen molar-refractivity contribution in [3.8, 4) is 0 Å². The lowest BCUT2D eigenvalue weighted by molar-refractivity contribution is -0.908. The van der Waals surface area contributed by atoms with E-state index >= 15 is 0 Å². The third-order valence-corrected chi connectivity index (χ3v) is 9.09. The zero-order chi connectivity index (χ0) is 32.5. The molecule has 1 atom stereocenters. The van der Waals surface area contributed by atoms with Gasteiger partial charge in [0, 0.05) is 50.4 Å². The number of piperidine rings is 1. The molecule has 0 aromatic heterocycles. The maximum Gasteiger partial charge on any atom is 0.328 e. The number of amides is 1. The Morgan fingerprint density at radius 2 is 1.59 bits per heavy atom. The number of ether oxygens (including phenoxy) is 1. The van der Waals surface area contributed by atoms with Crippen molar-refractivity contribution >= 4 is 28.6 Å². The number of nitrogens with one attached hydrogen (secondary N) is 1. The minimum Gasteiger partial charge on any atom is -0.545 e. The van der Waals surface area contributed by atoms with Gasteiger partial charge in [0.2, 0.25) is 0 Å². The van der Waals surface area contributed by atoms with E-state index in [4.69, 9.17) is 9.84 Å². The first-order valence-corrected chi connectivity index (χ1v) is 15.7. The van der Waals surface area contributed by atoms with E-state index in [-0.39, 0.29) is 17.4 Å². The molecule has 2 heterocycles. The van der Waals surface area contributed by atoms with Gasteiger partial charge in [-0.1, -0.05) is 84.9 Å². The first-order chi connectivity index (χ1) is 22.2. The predicted octanol–water partition coefficient (Wildman–Crippen LogP) is 3.57. The predicted molar refractivity (Wildman–Crippen MR) is 174 cm³/mol. The molecule has 1 saturated heterocycles. The number of rotatable bonds is 9. The van der Waals surface area contributed by atoms with Crippen LogP contribution in [0.3, 0.4) is 0 Å². The van der Waals surface area contributed by atoms with Crippen molar-refractivity contribution in [3.63, 3.8) is 0 Å². The van der Waals surface area contributed by atoms with Gasteiger partial charge in [-0.25, -0.2) is 4.79 Å². The summed E-state index contributed by atoms with van der Waals surface area (Å²) in [5.41, 5.74) is 4.75. The molecule has 6 rings (SSSR count). The third kappa shape index (κ3) is 8.07. The van der Waals surface area contributed by atoms with E-state index in [0.29, 0.717) is 18.7 Å². The summed E-state index contributed by atoms with van der Waals surface area (Å²) in [4.78, 5) is 35.7. The van der Waals surface area contributed by atoms with Crippen LogP contribution in [0, 0.1) is 0 Å². The number of carboxylic acid groups (broad SMARTS) is 2. The lowest BCUT2D eigenvalue weighted by atomic mass is 9.83. The lowest BCUT2D eigenvalue weighted by Gasteiger charge is -2.37. The van der Waals surface area contributed by atoms with E-state index in [0.717, 1.165) is 51.1 Å². The molecule has 238 valence electrons. The van der Waals surface area contributed by atoms with E-state index in [1.165, 1.54) is 27.5 Å². The van der Waals surface area contributed by atoms with E-state index in [1.807, 2.05) is 42.3 Å². The number of likely N-dealkylation sites (tertiary alicyclic amines) is 1. The van der Waals surface area contributed by atoms with E-state index in [2.05, 4.69) is 66.7 Å². The van der Waals surface area contributed by atoms with Gasteiger partial charge in [-0.2, -0.15) is 0 Å². The number of quaternary nitrogens is 1. The fraction of sp³-hybridized carbons (Fsp3) is 0.289. The highest BCUT2D eigenvalue weighted by atomic mass is 16.5. The molecule has 0 aliphatic carbocycles. The first-order valence-electron chi connectivity index (χ1n) is 15.7. The summed E-state index contributed by atoms with van der Waals surface area (Å²) in [7, 11) is 1.94. The third-order valence-electron chi connectivity index (χ3n) is 9.09. The van der Waals surface area contributed by atoms with Crippen LogP contribution < -0.4 is 10.0 Å². The Morgan fingerprint density at radius 1 is 0.913 bits per heavy atom. The average Bonchev–Trinajstić information content (AvgIpc) is 3.44. The van der Waals surface area contributed by atoms with Gasteiger partial charge in [-0.15, -0.1) is 0 Å². The Hall–Kier alpha value is -4.79. The van der Waals surface area contributed by atoms with Crippen LogP contribution in [0.15, 0.2) is 109 Å². The monoisotopic (exact) mass is 620 g/mol. The first kappa shape index (κ1) is 32.6. The maximum absolute atomic E-state index is 13.2. The summed E-state index contributed by atoms with van der Waals surface area (Å²) in [5, 5.41) is 19.7. The summed E-state index contributed by atoms with van der Waals surface area (Å²) in [5.74, 6) is -2.44. The summed E-state index contributed by atoms with van der Waals surface area (Å²) in [6.07, 6.45) is 4.14. The molecule has 2 aliphatic heterocycles. The largest absolute Gasteiger partial charge is 0.545 e. The van der Waals surface area contributed by atoms with Crippen molar-refractivity contribution in [2.45, 2.75) is 37.4 Å². The molecule has 1 spiro atoms. The van der Waals surface area contributed by atoms with Gasteiger partial charge >= 0.3 is 5.97 Å². The normalized spacial score (nSPS) is 19.3. The van der Waals surface area contributed by atoms with Gasteiger partial charge in [0.25, 0.3) is 5.91 Å². The second-order valence-corrected chi connectivity index (χ2v) is 12.1. The smallest absolute Gasteiger partial charge is 0.328 e. The number of likely N-dealkylation sites (N-methyl/N-ethyl adjacent to an activating group) is 1. The summed E-state index contributed by atoms with van der Waals surface area (Å²) in [6, 6.07) is 33.7. The highest BCUT2D eigenvalue weighted by Crippen LogP contribution is 2.42. The van der Waals surface area contributed by atoms with Crippen LogP contribution in [-0.4, -0.2) is 61.1 Å². The molecule has 0 saturated carbocycles. The van der Waals surface area contributed by atoms with E-state index in [9.17, 15) is 19.5 Å². The van der Waals surface area contributed by atoms with Crippen LogP contribution in [0.5, 0.6) is 0 Å². The minimum atomic E-state index is -1.51. The molecule has 4 aromatic rings. The van der Waals surface area contributed by atoms with Crippen LogP contribution in [0.1, 0.15) is 52.2 Å². The number of carbonyl (C=O) groups excluding carboxylic acids is 2. The number of nitrogens with zero attached hydrogens (tertiary/aromatic N) is 1. The maximum atomic E-state index is 13.2. The standard InChI is InChI=1S/C34H36N2O2.C4H4O4/c1-35(33(37)27-10-3-2-4-11-27)24-30(29-16-15-26-9-5-6-12-28(26)23-29)17-20-36-21-18-34(19-22-36)32-14-8-7-13-31(32)25-38-34;5-3(6)1-2-4(7)8/h2-16,23,30H,17-22,24-25H2,1H3;1-2H,(H,5,6)(H,7,8)/b;2-1+. The number of carboxylic acids is 2. The van der Waals surface area contributed by atoms with Gasteiger partial charge < -0.3 is 29.5 Å². The molecule has 8 heteroatoms. The fourth-order valence-electron chi connectivity index (χ4n) is 6.61. The quantitative estimate of drug-likeness (QED) is 0.277. The summed E-state index contributed by atoms with van der Waals surface area (Å²) in [6.45, 7) is 4.80. The van der Waals surface area contributed by atoms with E-state index < -0.39 is 11.9 Å². The number of benzene rings is 4. The second kappa shape index (κ2) is 15.0. The van der Waals surface area contributed by atoms with Gasteiger partial charge in [0.15, 0.2) is 0 Å². The highest BCUT2D eigenvalue weighted by molar-refractivity contribution is 5.94. The number of hydrogen-bond acceptors (Lipinski definition) is 5. The van der Waals surface area contributed by atoms with Gasteiger partial charge in [-0.3, -0.25) is 4.79 Å². The van der Waals surface area contributed by atoms with Gasteiger partial charge in [-0.05, 0) is 45.7 Å². The van der Waals surface area contributed by atoms with Crippen LogP contribution in [0.25, 0.3) is 10.8 Å². The van der Waals surface area contributed by atoms with Crippen LogP contribution in [0.2, 0.25) is 0 Å². The molecular weight excluding hydrogens is 580 g/mol. The molecule has 1 amide bonds. The molecule has 2 aliphatic rings. The van der Waals surface area contributed by atoms with Crippen molar-refractivity contribution in [2.75, 3.05) is 33.2 Å². The molecular formula is C38H40N2O6. The average molecular weight is 621 g/mol. The Kier molecular flexibility index (Phi) is 10.6. The van der Waals surface area contributed by atoms with Gasteiger partial charge in [0.1, 0.15) is 5.60 Å². The SMILES string of the molecule is CN(CC(CC[NH+]1CCC2(CC1)OCc1ccccc12)c1ccc2ccccc2c1)C(=O)c1ccccc1.O=C([O-])/C=C/C(=O)O. The van der Waals surface area contributed by atoms with Crippen molar-refractivity contribution in [1.29, 1.82) is 0 Å². The zero-order valence-electron chi connectivity index (χ0n) is 26.1. The van der Waals surface area contributed by atoms with Crippen LogP contribution in [-0.2, 0) is 26.5 Å².